The molecule has 0 saturated heterocycles. The standard InChI is InChI=1S/C18H19Cl2NO4/c1-10(6-12-4-5-13(19)7-16(12)20)17(22)21(3)9-14-8-15(18(23)24)11(2)25-14/h4-5,7-8,10H,6,9H2,1-3H3,(H,23,24). The number of aromatic carboxylic acids is 1. The van der Waals surface area contributed by atoms with Gasteiger partial charge in [0.25, 0.3) is 0 Å². The van der Waals surface area contributed by atoms with Crippen LogP contribution in [0.5, 0.6) is 0 Å². The molecule has 25 heavy (non-hydrogen) atoms. The summed E-state index contributed by atoms with van der Waals surface area (Å²) in [7, 11) is 1.65. The summed E-state index contributed by atoms with van der Waals surface area (Å²) in [5, 5.41) is 10.1. The first kappa shape index (κ1) is 19.3. The molecular weight excluding hydrogens is 365 g/mol. The second kappa shape index (κ2) is 7.93. The molecule has 0 aliphatic carbocycles. The van der Waals surface area contributed by atoms with Crippen LogP contribution in [0.3, 0.4) is 0 Å². The Hall–Kier alpha value is -1.98. The molecule has 0 radical (unpaired) electrons. The summed E-state index contributed by atoms with van der Waals surface area (Å²) in [6, 6.07) is 6.65. The molecule has 1 N–H and O–H groups in total. The van der Waals surface area contributed by atoms with Gasteiger partial charge in [0.1, 0.15) is 17.1 Å². The topological polar surface area (TPSA) is 70.8 Å². The lowest BCUT2D eigenvalue weighted by Crippen LogP contribution is -2.32. The average Bonchev–Trinajstić information content (AvgIpc) is 2.89. The number of halogens is 2. The van der Waals surface area contributed by atoms with Crippen molar-refractivity contribution in [3.05, 3.63) is 57.0 Å². The smallest absolute Gasteiger partial charge is 0.339 e. The van der Waals surface area contributed by atoms with Crippen LogP contribution in [0.25, 0.3) is 0 Å². The van der Waals surface area contributed by atoms with Gasteiger partial charge in [0, 0.05) is 23.0 Å². The van der Waals surface area contributed by atoms with Crippen molar-refractivity contribution in [2.75, 3.05) is 7.05 Å². The lowest BCUT2D eigenvalue weighted by molar-refractivity contribution is -0.134. The second-order valence-corrected chi connectivity index (χ2v) is 6.87. The third kappa shape index (κ3) is 4.77. The molecule has 1 atom stereocenters. The Labute approximate surface area is 156 Å². The normalized spacial score (nSPS) is 12.0. The van der Waals surface area contributed by atoms with Crippen molar-refractivity contribution < 1.29 is 19.1 Å². The molecule has 0 bridgehead atoms. The van der Waals surface area contributed by atoms with Crippen molar-refractivity contribution >= 4 is 35.1 Å². The number of amides is 1. The van der Waals surface area contributed by atoms with Gasteiger partial charge in [-0.2, -0.15) is 0 Å². The minimum atomic E-state index is -1.05. The quantitative estimate of drug-likeness (QED) is 0.800. The SMILES string of the molecule is Cc1oc(CN(C)C(=O)C(C)Cc2ccc(Cl)cc2Cl)cc1C(=O)O. The second-order valence-electron chi connectivity index (χ2n) is 6.02. The number of rotatable bonds is 6. The number of aryl methyl sites for hydroxylation is 1. The lowest BCUT2D eigenvalue weighted by atomic mass is 10.00. The predicted octanol–water partition coefficient (Wildman–Crippen LogP) is 4.43. The van der Waals surface area contributed by atoms with Crippen LogP contribution >= 0.6 is 23.2 Å². The first-order chi connectivity index (χ1) is 11.7. The zero-order valence-corrected chi connectivity index (χ0v) is 15.7. The van der Waals surface area contributed by atoms with Crippen molar-refractivity contribution in [3.8, 4) is 0 Å². The van der Waals surface area contributed by atoms with Crippen LogP contribution in [0, 0.1) is 12.8 Å². The van der Waals surface area contributed by atoms with Gasteiger partial charge in [-0.1, -0.05) is 36.2 Å². The van der Waals surface area contributed by atoms with E-state index in [0.29, 0.717) is 28.0 Å². The first-order valence-corrected chi connectivity index (χ1v) is 8.46. The van der Waals surface area contributed by atoms with E-state index in [-0.39, 0.29) is 23.9 Å². The molecule has 0 spiro atoms. The Kier molecular flexibility index (Phi) is 6.14. The summed E-state index contributed by atoms with van der Waals surface area (Å²) >= 11 is 12.0. The Bertz CT molecular complexity index is 800. The molecular formula is C18H19Cl2NO4. The maximum absolute atomic E-state index is 12.6. The molecule has 0 aliphatic rings. The van der Waals surface area contributed by atoms with E-state index in [9.17, 15) is 9.59 Å². The number of hydrogen-bond donors (Lipinski definition) is 1. The molecule has 1 unspecified atom stereocenters. The van der Waals surface area contributed by atoms with E-state index < -0.39 is 5.97 Å². The van der Waals surface area contributed by atoms with Gasteiger partial charge in [0.2, 0.25) is 5.91 Å². The van der Waals surface area contributed by atoms with Crippen LogP contribution in [-0.4, -0.2) is 28.9 Å². The maximum atomic E-state index is 12.6. The Morgan fingerprint density at radius 3 is 2.52 bits per heavy atom. The first-order valence-electron chi connectivity index (χ1n) is 7.70. The lowest BCUT2D eigenvalue weighted by Gasteiger charge is -2.21. The van der Waals surface area contributed by atoms with E-state index in [1.807, 2.05) is 13.0 Å². The van der Waals surface area contributed by atoms with Gasteiger partial charge in [-0.3, -0.25) is 4.79 Å². The Morgan fingerprint density at radius 2 is 1.96 bits per heavy atom. The van der Waals surface area contributed by atoms with E-state index in [2.05, 4.69) is 0 Å². The summed E-state index contributed by atoms with van der Waals surface area (Å²) in [6.07, 6.45) is 0.483. The van der Waals surface area contributed by atoms with Crippen molar-refractivity contribution in [2.24, 2.45) is 5.92 Å². The van der Waals surface area contributed by atoms with Gasteiger partial charge >= 0.3 is 5.97 Å². The van der Waals surface area contributed by atoms with E-state index in [1.165, 1.54) is 11.0 Å². The summed E-state index contributed by atoms with van der Waals surface area (Å²) in [6.45, 7) is 3.60. The molecule has 0 aliphatic heterocycles. The van der Waals surface area contributed by atoms with Gasteiger partial charge < -0.3 is 14.4 Å². The third-order valence-electron chi connectivity index (χ3n) is 3.93. The Balaban J connectivity index is 2.03. The van der Waals surface area contributed by atoms with Gasteiger partial charge in [0.05, 0.1) is 6.54 Å². The molecule has 0 saturated carbocycles. The van der Waals surface area contributed by atoms with Crippen molar-refractivity contribution in [3.63, 3.8) is 0 Å². The number of carboxylic acid groups (broad SMARTS) is 1. The number of hydrogen-bond acceptors (Lipinski definition) is 3. The van der Waals surface area contributed by atoms with Crippen molar-refractivity contribution in [2.45, 2.75) is 26.8 Å². The fraction of sp³-hybridized carbons (Fsp3) is 0.333. The molecule has 7 heteroatoms. The minimum absolute atomic E-state index is 0.0862. The molecule has 1 aromatic heterocycles. The zero-order valence-electron chi connectivity index (χ0n) is 14.2. The van der Waals surface area contributed by atoms with Crippen LogP contribution in [0.4, 0.5) is 0 Å². The highest BCUT2D eigenvalue weighted by molar-refractivity contribution is 6.35. The van der Waals surface area contributed by atoms with Crippen molar-refractivity contribution in [1.29, 1.82) is 0 Å². The van der Waals surface area contributed by atoms with E-state index >= 15 is 0 Å². The van der Waals surface area contributed by atoms with Crippen molar-refractivity contribution in [1.82, 2.24) is 4.90 Å². The molecule has 0 fully saturated rings. The number of carbonyl (C=O) groups excluding carboxylic acids is 1. The molecule has 2 rings (SSSR count). The van der Waals surface area contributed by atoms with Crippen LogP contribution in [-0.2, 0) is 17.8 Å². The van der Waals surface area contributed by atoms with Crippen LogP contribution in [0.15, 0.2) is 28.7 Å². The molecule has 134 valence electrons. The van der Waals surface area contributed by atoms with Gasteiger partial charge in [-0.25, -0.2) is 4.79 Å². The Morgan fingerprint density at radius 1 is 1.28 bits per heavy atom. The summed E-state index contributed by atoms with van der Waals surface area (Å²) in [5.74, 6) is -0.672. The zero-order chi connectivity index (χ0) is 18.7. The fourth-order valence-electron chi connectivity index (χ4n) is 2.63. The van der Waals surface area contributed by atoms with Gasteiger partial charge in [-0.15, -0.1) is 0 Å². The highest BCUT2D eigenvalue weighted by atomic mass is 35.5. The number of benzene rings is 1. The van der Waals surface area contributed by atoms with E-state index in [0.717, 1.165) is 5.56 Å². The summed E-state index contributed by atoms with van der Waals surface area (Å²) in [5.41, 5.74) is 0.958. The number of furan rings is 1. The average molecular weight is 384 g/mol. The van der Waals surface area contributed by atoms with Gasteiger partial charge in [-0.05, 0) is 37.1 Å². The number of nitrogens with zero attached hydrogens (tertiary/aromatic N) is 1. The van der Waals surface area contributed by atoms with E-state index in [1.54, 1.807) is 26.1 Å². The molecule has 1 amide bonds. The van der Waals surface area contributed by atoms with Crippen LogP contribution in [0.1, 0.15) is 34.4 Å². The van der Waals surface area contributed by atoms with E-state index in [4.69, 9.17) is 32.7 Å². The van der Waals surface area contributed by atoms with Gasteiger partial charge in [0.15, 0.2) is 0 Å². The monoisotopic (exact) mass is 383 g/mol. The largest absolute Gasteiger partial charge is 0.478 e. The fourth-order valence-corrected chi connectivity index (χ4v) is 3.11. The predicted molar refractivity (Wildman–Crippen MR) is 96.2 cm³/mol. The van der Waals surface area contributed by atoms with Crippen LogP contribution < -0.4 is 0 Å². The highest BCUT2D eigenvalue weighted by Crippen LogP contribution is 2.24. The van der Waals surface area contributed by atoms with Crippen LogP contribution in [0.2, 0.25) is 10.0 Å². The highest BCUT2D eigenvalue weighted by Gasteiger charge is 2.21. The molecule has 1 heterocycles. The minimum Gasteiger partial charge on any atom is -0.478 e. The number of carboxylic acids is 1. The number of carbonyl (C=O) groups is 2. The molecule has 1 aromatic carbocycles. The molecule has 2 aromatic rings. The summed E-state index contributed by atoms with van der Waals surface area (Å²) in [4.78, 5) is 25.1. The summed E-state index contributed by atoms with van der Waals surface area (Å²) < 4.78 is 5.42. The molecule has 5 nitrogen and oxygen atoms in total. The maximum Gasteiger partial charge on any atom is 0.339 e. The third-order valence-corrected chi connectivity index (χ3v) is 4.52.